The molecule has 0 amide bonds. The fourth-order valence-corrected chi connectivity index (χ4v) is 4.02. The predicted octanol–water partition coefficient (Wildman–Crippen LogP) is 3.41. The van der Waals surface area contributed by atoms with Crippen LogP contribution in [-0.4, -0.2) is 53.2 Å². The number of halogens is 1. The molecule has 2 heterocycles. The SMILES string of the molecule is CCNC(=NCc1nccn1CC(C)C)NC1CCN(Cc2ccc(OC)c(F)c2)CC1. The summed E-state index contributed by atoms with van der Waals surface area (Å²) >= 11 is 0. The van der Waals surface area contributed by atoms with E-state index in [0.29, 0.717) is 24.3 Å². The van der Waals surface area contributed by atoms with Crippen LogP contribution in [0.5, 0.6) is 5.75 Å². The summed E-state index contributed by atoms with van der Waals surface area (Å²) in [6, 6.07) is 5.57. The second-order valence-corrected chi connectivity index (χ2v) is 8.75. The molecule has 7 nitrogen and oxygen atoms in total. The Morgan fingerprint density at radius 1 is 1.31 bits per heavy atom. The maximum atomic E-state index is 14.0. The molecule has 1 aliphatic heterocycles. The van der Waals surface area contributed by atoms with Crippen molar-refractivity contribution in [1.29, 1.82) is 0 Å². The summed E-state index contributed by atoms with van der Waals surface area (Å²) < 4.78 is 21.2. The Morgan fingerprint density at radius 2 is 2.09 bits per heavy atom. The van der Waals surface area contributed by atoms with Crippen LogP contribution in [0.25, 0.3) is 0 Å². The van der Waals surface area contributed by atoms with Crippen molar-refractivity contribution in [2.75, 3.05) is 26.7 Å². The smallest absolute Gasteiger partial charge is 0.191 e. The van der Waals surface area contributed by atoms with Crippen molar-refractivity contribution in [3.8, 4) is 5.75 Å². The number of ether oxygens (including phenoxy) is 1. The highest BCUT2D eigenvalue weighted by Gasteiger charge is 2.20. The molecule has 0 radical (unpaired) electrons. The van der Waals surface area contributed by atoms with Crippen LogP contribution in [-0.2, 0) is 19.6 Å². The zero-order valence-corrected chi connectivity index (χ0v) is 19.8. The fourth-order valence-electron chi connectivity index (χ4n) is 4.02. The minimum atomic E-state index is -0.304. The number of guanidine groups is 1. The zero-order chi connectivity index (χ0) is 22.9. The molecule has 1 aromatic carbocycles. The Kier molecular flexibility index (Phi) is 8.90. The number of hydrogen-bond donors (Lipinski definition) is 2. The summed E-state index contributed by atoms with van der Waals surface area (Å²) in [4.78, 5) is 11.6. The molecule has 2 N–H and O–H groups in total. The van der Waals surface area contributed by atoms with E-state index in [9.17, 15) is 4.39 Å². The number of hydrogen-bond acceptors (Lipinski definition) is 4. The lowest BCUT2D eigenvalue weighted by Crippen LogP contribution is -2.48. The van der Waals surface area contributed by atoms with Crippen LogP contribution < -0.4 is 15.4 Å². The molecule has 1 fully saturated rings. The van der Waals surface area contributed by atoms with Gasteiger partial charge in [-0.3, -0.25) is 4.90 Å². The van der Waals surface area contributed by atoms with Gasteiger partial charge in [0.05, 0.1) is 7.11 Å². The lowest BCUT2D eigenvalue weighted by Gasteiger charge is -2.33. The third kappa shape index (κ3) is 6.95. The van der Waals surface area contributed by atoms with E-state index in [-0.39, 0.29) is 5.82 Å². The molecule has 32 heavy (non-hydrogen) atoms. The number of rotatable bonds is 9. The first kappa shape index (κ1) is 24.0. The lowest BCUT2D eigenvalue weighted by molar-refractivity contribution is 0.198. The molecular weight excluding hydrogens is 407 g/mol. The van der Waals surface area contributed by atoms with Crippen LogP contribution in [0.15, 0.2) is 35.6 Å². The Bertz CT molecular complexity index is 873. The van der Waals surface area contributed by atoms with E-state index in [4.69, 9.17) is 9.73 Å². The molecule has 0 aliphatic carbocycles. The van der Waals surface area contributed by atoms with Crippen molar-refractivity contribution in [1.82, 2.24) is 25.1 Å². The predicted molar refractivity (Wildman–Crippen MR) is 126 cm³/mol. The van der Waals surface area contributed by atoms with E-state index in [2.05, 4.69) is 45.9 Å². The van der Waals surface area contributed by atoms with Gasteiger partial charge in [0.15, 0.2) is 17.5 Å². The van der Waals surface area contributed by atoms with E-state index in [1.165, 1.54) is 7.11 Å². The number of aliphatic imine (C=N–C) groups is 1. The van der Waals surface area contributed by atoms with Crippen LogP contribution in [0.1, 0.15) is 45.0 Å². The highest BCUT2D eigenvalue weighted by atomic mass is 19.1. The average Bonchev–Trinajstić information content (AvgIpc) is 3.20. The third-order valence-electron chi connectivity index (χ3n) is 5.64. The highest BCUT2D eigenvalue weighted by Crippen LogP contribution is 2.20. The molecule has 1 saturated heterocycles. The van der Waals surface area contributed by atoms with Gasteiger partial charge in [-0.2, -0.15) is 0 Å². The second-order valence-electron chi connectivity index (χ2n) is 8.75. The van der Waals surface area contributed by atoms with E-state index in [0.717, 1.165) is 62.9 Å². The molecule has 176 valence electrons. The molecule has 0 bridgehead atoms. The summed E-state index contributed by atoms with van der Waals surface area (Å²) in [6.45, 7) is 11.5. The Morgan fingerprint density at radius 3 is 2.75 bits per heavy atom. The van der Waals surface area contributed by atoms with Crippen molar-refractivity contribution in [3.05, 3.63) is 47.8 Å². The van der Waals surface area contributed by atoms with Gasteiger partial charge < -0.3 is 19.9 Å². The van der Waals surface area contributed by atoms with Crippen molar-refractivity contribution in [3.63, 3.8) is 0 Å². The average molecular weight is 445 g/mol. The first-order valence-electron chi connectivity index (χ1n) is 11.6. The monoisotopic (exact) mass is 444 g/mol. The molecular formula is C24H37FN6O. The van der Waals surface area contributed by atoms with Crippen LogP contribution in [0.3, 0.4) is 0 Å². The molecule has 3 rings (SSSR count). The number of aromatic nitrogens is 2. The summed E-state index contributed by atoms with van der Waals surface area (Å²) in [5, 5.41) is 6.94. The molecule has 2 aromatic rings. The summed E-state index contributed by atoms with van der Waals surface area (Å²) in [5.74, 6) is 2.37. The van der Waals surface area contributed by atoms with Crippen molar-refractivity contribution < 1.29 is 9.13 Å². The van der Waals surface area contributed by atoms with E-state index in [1.54, 1.807) is 12.1 Å². The van der Waals surface area contributed by atoms with Crippen molar-refractivity contribution in [2.24, 2.45) is 10.9 Å². The summed E-state index contributed by atoms with van der Waals surface area (Å²) in [5.41, 5.74) is 0.974. The number of likely N-dealkylation sites (tertiary alicyclic amines) is 1. The quantitative estimate of drug-likeness (QED) is 0.458. The highest BCUT2D eigenvalue weighted by molar-refractivity contribution is 5.80. The Balaban J connectivity index is 1.51. The maximum absolute atomic E-state index is 14.0. The molecule has 1 aliphatic rings. The van der Waals surface area contributed by atoms with E-state index >= 15 is 0 Å². The van der Waals surface area contributed by atoms with Gasteiger partial charge in [-0.25, -0.2) is 14.4 Å². The largest absolute Gasteiger partial charge is 0.494 e. The molecule has 0 spiro atoms. The number of piperidine rings is 1. The number of benzene rings is 1. The topological polar surface area (TPSA) is 66.7 Å². The Labute approximate surface area is 191 Å². The number of nitrogens with one attached hydrogen (secondary N) is 2. The van der Waals surface area contributed by atoms with Gasteiger partial charge in [0.1, 0.15) is 12.4 Å². The Hall–Kier alpha value is -2.61. The number of imidazole rings is 1. The molecule has 0 saturated carbocycles. The fraction of sp³-hybridized carbons (Fsp3) is 0.583. The van der Waals surface area contributed by atoms with Gasteiger partial charge >= 0.3 is 0 Å². The molecule has 0 atom stereocenters. The number of methoxy groups -OCH3 is 1. The van der Waals surface area contributed by atoms with E-state index in [1.807, 2.05) is 18.5 Å². The van der Waals surface area contributed by atoms with Crippen molar-refractivity contribution >= 4 is 5.96 Å². The van der Waals surface area contributed by atoms with Crippen molar-refractivity contribution in [2.45, 2.75) is 59.3 Å². The van der Waals surface area contributed by atoms with Gasteiger partial charge in [0, 0.05) is 51.2 Å². The summed E-state index contributed by atoms with van der Waals surface area (Å²) in [6.07, 6.45) is 5.91. The van der Waals surface area contributed by atoms with Crippen LogP contribution in [0, 0.1) is 11.7 Å². The van der Waals surface area contributed by atoms with Gasteiger partial charge in [-0.15, -0.1) is 0 Å². The second kappa shape index (κ2) is 11.9. The lowest BCUT2D eigenvalue weighted by atomic mass is 10.0. The minimum Gasteiger partial charge on any atom is -0.494 e. The number of nitrogens with zero attached hydrogens (tertiary/aromatic N) is 4. The third-order valence-corrected chi connectivity index (χ3v) is 5.64. The molecule has 8 heteroatoms. The first-order chi connectivity index (χ1) is 15.5. The van der Waals surface area contributed by atoms with Gasteiger partial charge in [0.25, 0.3) is 0 Å². The van der Waals surface area contributed by atoms with Crippen LogP contribution in [0.4, 0.5) is 4.39 Å². The normalized spacial score (nSPS) is 15.9. The first-order valence-corrected chi connectivity index (χ1v) is 11.6. The van der Waals surface area contributed by atoms with Crippen LogP contribution >= 0.6 is 0 Å². The zero-order valence-electron chi connectivity index (χ0n) is 19.8. The maximum Gasteiger partial charge on any atom is 0.191 e. The van der Waals surface area contributed by atoms with Gasteiger partial charge in [-0.1, -0.05) is 19.9 Å². The molecule has 1 aromatic heterocycles. The standard InChI is InChI=1S/C24H37FN6O/c1-5-26-24(28-15-23-27-10-13-31(23)16-18(2)3)29-20-8-11-30(12-9-20)17-19-6-7-22(32-4)21(25)14-19/h6-7,10,13-14,18,20H,5,8-9,11-12,15-17H2,1-4H3,(H2,26,28,29). The van der Waals surface area contributed by atoms with E-state index < -0.39 is 0 Å². The van der Waals surface area contributed by atoms with Gasteiger partial charge in [-0.05, 0) is 43.4 Å². The van der Waals surface area contributed by atoms with Crippen LogP contribution in [0.2, 0.25) is 0 Å². The molecule has 0 unspecified atom stereocenters. The minimum absolute atomic E-state index is 0.290. The van der Waals surface area contributed by atoms with Gasteiger partial charge in [0.2, 0.25) is 0 Å². The summed E-state index contributed by atoms with van der Waals surface area (Å²) in [7, 11) is 1.49.